The Morgan fingerprint density at radius 2 is 0.857 bits per heavy atom. The molecule has 0 aliphatic heterocycles. The molecule has 0 spiro atoms. The van der Waals surface area contributed by atoms with E-state index in [2.05, 4.69) is 0 Å². The van der Waals surface area contributed by atoms with Crippen LogP contribution in [0.3, 0.4) is 0 Å². The van der Waals surface area contributed by atoms with Crippen molar-refractivity contribution in [3.05, 3.63) is 0 Å². The van der Waals surface area contributed by atoms with E-state index in [9.17, 15) is 0 Å². The summed E-state index contributed by atoms with van der Waals surface area (Å²) in [4.78, 5) is 0. The predicted molar refractivity (Wildman–Crippen MR) is 27.5 cm³/mol. The summed E-state index contributed by atoms with van der Waals surface area (Å²) in [6.07, 6.45) is 0. The van der Waals surface area contributed by atoms with Gasteiger partial charge in [-0.15, -0.1) is 0 Å². The van der Waals surface area contributed by atoms with Crippen molar-refractivity contribution in [1.82, 2.24) is 0 Å². The van der Waals surface area contributed by atoms with Gasteiger partial charge in [-0.2, -0.15) is 0 Å². The summed E-state index contributed by atoms with van der Waals surface area (Å²) in [6.45, 7) is 0. The topological polar surface area (TPSA) is 92.2 Å². The van der Waals surface area contributed by atoms with Gasteiger partial charge in [0, 0.05) is 59.1 Å². The third-order valence-electron chi connectivity index (χ3n) is 0. The minimum atomic E-state index is -2.17. The zero-order valence-corrected chi connectivity index (χ0v) is 8.42. The second-order valence-electron chi connectivity index (χ2n) is 0.346. The summed E-state index contributed by atoms with van der Waals surface area (Å²) in [7, 11) is -2.17. The molecule has 0 aliphatic carbocycles. The molecule has 4 nitrogen and oxygen atoms in total. The molecular formula is H5BNa2O4. The van der Waals surface area contributed by atoms with Crippen molar-refractivity contribution in [3.63, 3.8) is 0 Å². The minimum Gasteiger partial charge on any atom is -0.412 e. The predicted octanol–water partition coefficient (Wildman–Crippen LogP) is -3.64. The first kappa shape index (κ1) is 23.1. The Morgan fingerprint density at radius 3 is 0.857 bits per heavy atom. The van der Waals surface area contributed by atoms with Gasteiger partial charge in [0.05, 0.1) is 0 Å². The number of rotatable bonds is 0. The Labute approximate surface area is 86.0 Å². The van der Waals surface area contributed by atoms with Crippen LogP contribution < -0.4 is 0 Å². The molecule has 34 valence electrons. The molecule has 0 rings (SSSR count). The van der Waals surface area contributed by atoms with E-state index >= 15 is 0 Å². The molecule has 0 heterocycles. The zero-order valence-electron chi connectivity index (χ0n) is 4.42. The Balaban J connectivity index is -0.0000000150. The molecule has 2 radical (unpaired) electrons. The van der Waals surface area contributed by atoms with Crippen LogP contribution in [0.5, 0.6) is 0 Å². The van der Waals surface area contributed by atoms with Gasteiger partial charge < -0.3 is 20.5 Å². The molecule has 0 unspecified atom stereocenters. The van der Waals surface area contributed by atoms with Crippen molar-refractivity contribution >= 4 is 66.4 Å². The van der Waals surface area contributed by atoms with E-state index in [0.29, 0.717) is 0 Å². The zero-order chi connectivity index (χ0) is 3.58. The Kier molecular flexibility index (Phi) is 51.8. The van der Waals surface area contributed by atoms with Gasteiger partial charge in [-0.05, 0) is 0 Å². The van der Waals surface area contributed by atoms with Crippen LogP contribution in [0.1, 0.15) is 0 Å². The van der Waals surface area contributed by atoms with Crippen LogP contribution in [-0.4, -0.2) is 87.0 Å². The molecule has 0 fully saturated rings. The first-order chi connectivity index (χ1) is 1.73. The smallest absolute Gasteiger partial charge is 0.412 e. The van der Waals surface area contributed by atoms with Gasteiger partial charge >= 0.3 is 7.32 Å². The van der Waals surface area contributed by atoms with Crippen molar-refractivity contribution in [1.29, 1.82) is 0 Å². The van der Waals surface area contributed by atoms with E-state index < -0.39 is 7.32 Å². The molecule has 0 saturated heterocycles. The van der Waals surface area contributed by atoms with Gasteiger partial charge in [-0.1, -0.05) is 0 Å². The van der Waals surface area contributed by atoms with Gasteiger partial charge in [0.1, 0.15) is 0 Å². The molecule has 7 heteroatoms. The standard InChI is InChI=1S/BH3O3.2Na.H2O/c2-1(3)4;;;/h2-4H;;;1H2. The summed E-state index contributed by atoms with van der Waals surface area (Å²) in [6, 6.07) is 0. The van der Waals surface area contributed by atoms with Gasteiger partial charge in [-0.3, -0.25) is 0 Å². The van der Waals surface area contributed by atoms with E-state index in [-0.39, 0.29) is 64.6 Å². The quantitative estimate of drug-likeness (QED) is 0.292. The van der Waals surface area contributed by atoms with Crippen LogP contribution in [0.25, 0.3) is 0 Å². The third-order valence-corrected chi connectivity index (χ3v) is 0. The van der Waals surface area contributed by atoms with Crippen molar-refractivity contribution in [3.8, 4) is 0 Å². The maximum Gasteiger partial charge on any atom is 0.631 e. The molecule has 5 N–H and O–H groups in total. The van der Waals surface area contributed by atoms with E-state index in [0.717, 1.165) is 0 Å². The molecule has 0 aliphatic rings. The average Bonchev–Trinajstić information content (AvgIpc) is 0.811. The SMILES string of the molecule is O.OB(O)O.[Na].[Na]. The first-order valence-electron chi connectivity index (χ1n) is 0.775. The molecule has 0 saturated carbocycles. The Bertz CT molecular complexity index is 14.4. The summed E-state index contributed by atoms with van der Waals surface area (Å²) in [5, 5.41) is 21.5. The van der Waals surface area contributed by atoms with Crippen LogP contribution in [0.2, 0.25) is 0 Å². The monoisotopic (exact) mass is 126 g/mol. The molecule has 0 amide bonds. The Hall–Kier alpha value is 1.90. The van der Waals surface area contributed by atoms with Crippen LogP contribution >= 0.6 is 0 Å². The van der Waals surface area contributed by atoms with Crippen LogP contribution in [-0.2, 0) is 0 Å². The van der Waals surface area contributed by atoms with E-state index in [4.69, 9.17) is 15.1 Å². The van der Waals surface area contributed by atoms with Crippen LogP contribution in [0, 0.1) is 0 Å². The molecule has 0 bridgehead atoms. The normalized spacial score (nSPS) is 3.86. The largest absolute Gasteiger partial charge is 0.631 e. The Morgan fingerprint density at radius 1 is 0.857 bits per heavy atom. The molecule has 7 heavy (non-hydrogen) atoms. The van der Waals surface area contributed by atoms with Crippen molar-refractivity contribution in [2.75, 3.05) is 0 Å². The van der Waals surface area contributed by atoms with E-state index in [1.807, 2.05) is 0 Å². The second-order valence-corrected chi connectivity index (χ2v) is 0.346. The average molecular weight is 126 g/mol. The molecular weight excluding hydrogens is 121 g/mol. The van der Waals surface area contributed by atoms with Gasteiger partial charge in [0.15, 0.2) is 0 Å². The summed E-state index contributed by atoms with van der Waals surface area (Å²) in [5.41, 5.74) is 0. The van der Waals surface area contributed by atoms with Crippen molar-refractivity contribution in [2.24, 2.45) is 0 Å². The maximum atomic E-state index is 7.17. The van der Waals surface area contributed by atoms with Crippen molar-refractivity contribution in [2.45, 2.75) is 0 Å². The van der Waals surface area contributed by atoms with Crippen LogP contribution in [0.15, 0.2) is 0 Å². The summed E-state index contributed by atoms with van der Waals surface area (Å²) < 4.78 is 0. The fourth-order valence-corrected chi connectivity index (χ4v) is 0. The maximum absolute atomic E-state index is 7.17. The number of hydrogen-bond acceptors (Lipinski definition) is 3. The van der Waals surface area contributed by atoms with Gasteiger partial charge in [-0.25, -0.2) is 0 Å². The fraction of sp³-hybridized carbons (Fsp3) is 0. The molecule has 0 aromatic heterocycles. The minimum absolute atomic E-state index is 0. The van der Waals surface area contributed by atoms with E-state index in [1.54, 1.807) is 0 Å². The van der Waals surface area contributed by atoms with Gasteiger partial charge in [0.2, 0.25) is 0 Å². The summed E-state index contributed by atoms with van der Waals surface area (Å²) >= 11 is 0. The summed E-state index contributed by atoms with van der Waals surface area (Å²) in [5.74, 6) is 0. The van der Waals surface area contributed by atoms with E-state index in [1.165, 1.54) is 0 Å². The molecule has 0 aromatic rings. The second kappa shape index (κ2) is 15.7. The van der Waals surface area contributed by atoms with Crippen LogP contribution in [0.4, 0.5) is 0 Å². The number of hydrogen-bond donors (Lipinski definition) is 3. The van der Waals surface area contributed by atoms with Crippen molar-refractivity contribution < 1.29 is 20.5 Å². The molecule has 0 atom stereocenters. The fourth-order valence-electron chi connectivity index (χ4n) is 0. The van der Waals surface area contributed by atoms with Gasteiger partial charge in [0.25, 0.3) is 0 Å². The first-order valence-corrected chi connectivity index (χ1v) is 0.775. The molecule has 0 aromatic carbocycles. The third kappa shape index (κ3) is 76.0.